The monoisotopic (exact) mass is 227 g/mol. The third-order valence-corrected chi connectivity index (χ3v) is 3.56. The van der Waals surface area contributed by atoms with Crippen LogP contribution in [0.25, 0.3) is 0 Å². The molecule has 0 radical (unpaired) electrons. The van der Waals surface area contributed by atoms with Crippen molar-refractivity contribution in [2.24, 2.45) is 5.41 Å². The van der Waals surface area contributed by atoms with Gasteiger partial charge >= 0.3 is 5.97 Å². The quantitative estimate of drug-likeness (QED) is 0.823. The van der Waals surface area contributed by atoms with Crippen molar-refractivity contribution in [2.45, 2.75) is 19.8 Å². The predicted molar refractivity (Wildman–Crippen MR) is 57.1 cm³/mol. The van der Waals surface area contributed by atoms with E-state index in [4.69, 9.17) is 5.11 Å². The largest absolute Gasteiger partial charge is 0.481 e. The number of carbonyl (C=O) groups is 1. The zero-order valence-electron chi connectivity index (χ0n) is 8.51. The Kier molecular flexibility index (Phi) is 2.60. The predicted octanol–water partition coefficient (Wildman–Crippen LogP) is 1.23. The van der Waals surface area contributed by atoms with Gasteiger partial charge in [-0.1, -0.05) is 0 Å². The van der Waals surface area contributed by atoms with Crippen LogP contribution in [-0.4, -0.2) is 33.5 Å². The first kappa shape index (κ1) is 10.4. The lowest BCUT2D eigenvalue weighted by Gasteiger charge is -2.37. The van der Waals surface area contributed by atoms with Crippen LogP contribution in [0.3, 0.4) is 0 Å². The number of nitrogens with zero attached hydrogens (tertiary/aromatic N) is 3. The molecule has 1 aromatic heterocycles. The average molecular weight is 227 g/mol. The van der Waals surface area contributed by atoms with Gasteiger partial charge in [-0.2, -0.15) is 4.37 Å². The summed E-state index contributed by atoms with van der Waals surface area (Å²) in [5.41, 5.74) is -0.649. The van der Waals surface area contributed by atoms with Gasteiger partial charge in [0, 0.05) is 24.6 Å². The Hall–Kier alpha value is -1.17. The fourth-order valence-electron chi connectivity index (χ4n) is 1.88. The normalized spacial score (nSPS) is 26.6. The van der Waals surface area contributed by atoms with E-state index in [1.165, 1.54) is 17.9 Å². The molecule has 1 N–H and O–H groups in total. The van der Waals surface area contributed by atoms with Crippen molar-refractivity contribution in [2.75, 3.05) is 18.0 Å². The Morgan fingerprint density at radius 2 is 2.53 bits per heavy atom. The molecule has 0 aromatic carbocycles. The minimum Gasteiger partial charge on any atom is -0.481 e. The number of rotatable bonds is 2. The van der Waals surface area contributed by atoms with Crippen molar-refractivity contribution in [1.29, 1.82) is 0 Å². The molecule has 82 valence electrons. The highest BCUT2D eigenvalue weighted by Crippen LogP contribution is 2.32. The van der Waals surface area contributed by atoms with Crippen LogP contribution in [0.4, 0.5) is 5.13 Å². The molecule has 1 aromatic rings. The molecule has 1 unspecified atom stereocenters. The van der Waals surface area contributed by atoms with E-state index in [0.29, 0.717) is 6.54 Å². The summed E-state index contributed by atoms with van der Waals surface area (Å²) in [5.74, 6) is -0.725. The van der Waals surface area contributed by atoms with E-state index in [9.17, 15) is 4.79 Å². The van der Waals surface area contributed by atoms with Gasteiger partial charge in [0.25, 0.3) is 0 Å². The van der Waals surface area contributed by atoms with Crippen LogP contribution in [0.5, 0.6) is 0 Å². The van der Waals surface area contributed by atoms with E-state index in [-0.39, 0.29) is 0 Å². The molecule has 0 saturated carbocycles. The van der Waals surface area contributed by atoms with Crippen molar-refractivity contribution in [3.8, 4) is 0 Å². The molecule has 1 fully saturated rings. The van der Waals surface area contributed by atoms with Gasteiger partial charge in [-0.25, -0.2) is 4.98 Å². The molecule has 2 heterocycles. The maximum atomic E-state index is 11.1. The van der Waals surface area contributed by atoms with E-state index < -0.39 is 11.4 Å². The molecule has 5 nitrogen and oxygen atoms in total. The van der Waals surface area contributed by atoms with E-state index in [1.807, 2.05) is 4.90 Å². The van der Waals surface area contributed by atoms with Gasteiger partial charge in [0.2, 0.25) is 5.13 Å². The molecule has 0 bridgehead atoms. The molecular weight excluding hydrogens is 214 g/mol. The third-order valence-electron chi connectivity index (χ3n) is 2.83. The van der Waals surface area contributed by atoms with Crippen LogP contribution in [0.1, 0.15) is 19.8 Å². The number of hydrogen-bond donors (Lipinski definition) is 1. The Labute approximate surface area is 91.9 Å². The first-order valence-electron chi connectivity index (χ1n) is 4.87. The highest BCUT2D eigenvalue weighted by atomic mass is 32.1. The standard InChI is InChI=1S/C9H13N3O2S/c1-9(7(13)14)3-2-4-12(5-9)8-10-6-11-15-8/h6H,2-5H2,1H3,(H,13,14). The number of aromatic nitrogens is 2. The van der Waals surface area contributed by atoms with Crippen molar-refractivity contribution >= 4 is 22.6 Å². The van der Waals surface area contributed by atoms with Crippen molar-refractivity contribution < 1.29 is 9.90 Å². The second-order valence-corrected chi connectivity index (χ2v) is 4.87. The van der Waals surface area contributed by atoms with Gasteiger partial charge in [-0.15, -0.1) is 0 Å². The van der Waals surface area contributed by atoms with Crippen LogP contribution in [-0.2, 0) is 4.79 Å². The fraction of sp³-hybridized carbons (Fsp3) is 0.667. The summed E-state index contributed by atoms with van der Waals surface area (Å²) in [7, 11) is 0. The van der Waals surface area contributed by atoms with Crippen LogP contribution < -0.4 is 4.90 Å². The summed E-state index contributed by atoms with van der Waals surface area (Å²) in [6, 6.07) is 0. The molecule has 0 amide bonds. The summed E-state index contributed by atoms with van der Waals surface area (Å²) in [6.07, 6.45) is 3.13. The number of anilines is 1. The zero-order valence-corrected chi connectivity index (χ0v) is 9.33. The number of carboxylic acid groups (broad SMARTS) is 1. The summed E-state index contributed by atoms with van der Waals surface area (Å²) in [6.45, 7) is 3.19. The SMILES string of the molecule is CC1(C(=O)O)CCCN(c2ncns2)C1. The first-order chi connectivity index (χ1) is 7.12. The van der Waals surface area contributed by atoms with Crippen LogP contribution in [0.2, 0.25) is 0 Å². The first-order valence-corrected chi connectivity index (χ1v) is 5.64. The minimum atomic E-state index is -0.725. The highest BCUT2D eigenvalue weighted by Gasteiger charge is 2.38. The molecular formula is C9H13N3O2S. The second kappa shape index (κ2) is 3.77. The van der Waals surface area contributed by atoms with Crippen molar-refractivity contribution in [3.63, 3.8) is 0 Å². The van der Waals surface area contributed by atoms with E-state index in [1.54, 1.807) is 6.92 Å². The van der Waals surface area contributed by atoms with Gasteiger partial charge in [0.1, 0.15) is 6.33 Å². The smallest absolute Gasteiger partial charge is 0.311 e. The lowest BCUT2D eigenvalue weighted by Crippen LogP contribution is -2.46. The molecule has 1 aliphatic heterocycles. The van der Waals surface area contributed by atoms with Gasteiger partial charge in [-0.05, 0) is 19.8 Å². The minimum absolute atomic E-state index is 0.525. The number of hydrogen-bond acceptors (Lipinski definition) is 5. The Bertz CT molecular complexity index is 354. The number of carboxylic acids is 1. The van der Waals surface area contributed by atoms with Crippen LogP contribution in [0, 0.1) is 5.41 Å². The molecule has 1 saturated heterocycles. The molecule has 2 rings (SSSR count). The molecule has 0 aliphatic carbocycles. The molecule has 1 aliphatic rings. The van der Waals surface area contributed by atoms with Gasteiger partial charge in [0.05, 0.1) is 5.41 Å². The Morgan fingerprint density at radius 3 is 3.13 bits per heavy atom. The second-order valence-electron chi connectivity index (χ2n) is 4.11. The van der Waals surface area contributed by atoms with E-state index in [2.05, 4.69) is 9.36 Å². The molecule has 6 heteroatoms. The van der Waals surface area contributed by atoms with Crippen LogP contribution >= 0.6 is 11.5 Å². The summed E-state index contributed by atoms with van der Waals surface area (Å²) < 4.78 is 3.93. The molecule has 0 spiro atoms. The van der Waals surface area contributed by atoms with E-state index >= 15 is 0 Å². The Balaban J connectivity index is 2.14. The fourth-order valence-corrected chi connectivity index (χ4v) is 2.44. The van der Waals surface area contributed by atoms with Crippen molar-refractivity contribution in [3.05, 3.63) is 6.33 Å². The molecule has 15 heavy (non-hydrogen) atoms. The van der Waals surface area contributed by atoms with E-state index in [0.717, 1.165) is 24.5 Å². The van der Waals surface area contributed by atoms with Crippen LogP contribution in [0.15, 0.2) is 6.33 Å². The third kappa shape index (κ3) is 1.94. The van der Waals surface area contributed by atoms with Gasteiger partial charge < -0.3 is 10.0 Å². The number of piperidine rings is 1. The van der Waals surface area contributed by atoms with Gasteiger partial charge in [-0.3, -0.25) is 4.79 Å². The van der Waals surface area contributed by atoms with Crippen molar-refractivity contribution in [1.82, 2.24) is 9.36 Å². The topological polar surface area (TPSA) is 66.3 Å². The highest BCUT2D eigenvalue weighted by molar-refractivity contribution is 7.09. The summed E-state index contributed by atoms with van der Waals surface area (Å²) >= 11 is 1.31. The average Bonchev–Trinajstić information content (AvgIpc) is 2.70. The Morgan fingerprint density at radius 1 is 1.73 bits per heavy atom. The summed E-state index contributed by atoms with van der Waals surface area (Å²) in [4.78, 5) is 17.2. The maximum Gasteiger partial charge on any atom is 0.311 e. The summed E-state index contributed by atoms with van der Waals surface area (Å²) in [5, 5.41) is 9.97. The maximum absolute atomic E-state index is 11.1. The lowest BCUT2D eigenvalue weighted by atomic mass is 9.82. The number of aliphatic carboxylic acids is 1. The lowest BCUT2D eigenvalue weighted by molar-refractivity contribution is -0.148. The zero-order chi connectivity index (χ0) is 10.9. The van der Waals surface area contributed by atoms with Gasteiger partial charge in [0.15, 0.2) is 0 Å². The molecule has 1 atom stereocenters.